The minimum absolute atomic E-state index is 0.0699. The smallest absolute Gasteiger partial charge is 0.461 e. The molecule has 1 saturated carbocycles. The average Bonchev–Trinajstić information content (AvgIpc) is 3.56. The van der Waals surface area contributed by atoms with Gasteiger partial charge in [0.25, 0.3) is 4.69 Å². The van der Waals surface area contributed by atoms with Gasteiger partial charge in [0.05, 0.1) is 10.6 Å². The fourth-order valence-corrected chi connectivity index (χ4v) is 6.27. The van der Waals surface area contributed by atoms with Crippen molar-refractivity contribution < 1.29 is 42.9 Å². The van der Waals surface area contributed by atoms with E-state index in [-0.39, 0.29) is 22.3 Å². The molecule has 6 atom stereocenters. The Bertz CT molecular complexity index is 1410. The number of para-hydroxylation sites is 1. The first-order chi connectivity index (χ1) is 20.7. The van der Waals surface area contributed by atoms with E-state index in [2.05, 4.69) is 15.2 Å². The van der Waals surface area contributed by atoms with E-state index in [9.17, 15) is 24.3 Å². The molecule has 1 aromatic carbocycles. The Labute approximate surface area is 247 Å². The zero-order valence-electron chi connectivity index (χ0n) is 23.5. The van der Waals surface area contributed by atoms with E-state index in [1.165, 1.54) is 17.8 Å². The van der Waals surface area contributed by atoms with Crippen LogP contribution in [0.3, 0.4) is 0 Å². The first kappa shape index (κ1) is 31.0. The van der Waals surface area contributed by atoms with E-state index < -0.39 is 57.7 Å². The van der Waals surface area contributed by atoms with Gasteiger partial charge in [-0.3, -0.25) is 4.79 Å². The molecule has 1 aliphatic heterocycles. The number of fused-ring (bicyclic) bond motifs is 1. The molecule has 2 aromatic heterocycles. The summed E-state index contributed by atoms with van der Waals surface area (Å²) in [6.45, 7) is -0.554. The van der Waals surface area contributed by atoms with Crippen molar-refractivity contribution in [3.63, 3.8) is 0 Å². The van der Waals surface area contributed by atoms with Crippen molar-refractivity contribution in [3.8, 4) is 5.75 Å². The molecule has 0 spiro atoms. The average molecular weight is 622 g/mol. The van der Waals surface area contributed by atoms with E-state index in [4.69, 9.17) is 24.6 Å². The van der Waals surface area contributed by atoms with E-state index >= 15 is 0 Å². The second-order valence-corrected chi connectivity index (χ2v) is 11.9. The Morgan fingerprint density at radius 1 is 1.26 bits per heavy atom. The van der Waals surface area contributed by atoms with E-state index in [0.717, 1.165) is 32.1 Å². The number of anilines is 1. The van der Waals surface area contributed by atoms with Crippen LogP contribution in [0, 0.1) is 4.91 Å². The van der Waals surface area contributed by atoms with Gasteiger partial charge in [0.2, 0.25) is 0 Å². The normalized spacial score (nSPS) is 25.7. The summed E-state index contributed by atoms with van der Waals surface area (Å²) >= 11 is 0. The number of aliphatic hydroxyl groups is 2. The van der Waals surface area contributed by atoms with Crippen LogP contribution in [0.25, 0.3) is 5.52 Å². The highest BCUT2D eigenvalue weighted by Gasteiger charge is 2.58. The van der Waals surface area contributed by atoms with Gasteiger partial charge in [-0.25, -0.2) is 18.7 Å². The van der Waals surface area contributed by atoms with Crippen LogP contribution >= 0.6 is 8.45 Å². The van der Waals surface area contributed by atoms with Crippen LogP contribution in [0.1, 0.15) is 50.8 Å². The minimum atomic E-state index is -2.39. The number of ether oxygens (including phenoxy) is 2. The largest absolute Gasteiger partial charge is 0.596 e. The van der Waals surface area contributed by atoms with Gasteiger partial charge in [-0.2, -0.15) is 10.2 Å². The fourth-order valence-electron chi connectivity index (χ4n) is 5.13. The summed E-state index contributed by atoms with van der Waals surface area (Å²) in [6, 6.07) is 10.6. The summed E-state index contributed by atoms with van der Waals surface area (Å²) in [5.74, 6) is -0.0609. The molecule has 0 bridgehead atoms. The second kappa shape index (κ2) is 13.4. The van der Waals surface area contributed by atoms with E-state index in [1.807, 2.05) is 0 Å². The zero-order chi connectivity index (χ0) is 30.6. The number of rotatable bonds is 12. The number of nitrogens with one attached hydrogen (secondary N) is 1. The maximum Gasteiger partial charge on any atom is 0.596 e. The summed E-state index contributed by atoms with van der Waals surface area (Å²) < 4.78 is 33.3. The molecule has 5 N–H and O–H groups in total. The molecular weight excluding hydrogens is 586 g/mol. The number of hydrogen-bond acceptors (Lipinski definition) is 12. The van der Waals surface area contributed by atoms with Gasteiger partial charge in [-0.15, -0.1) is 0 Å². The molecule has 14 nitrogen and oxygen atoms in total. The monoisotopic (exact) mass is 621 g/mol. The molecule has 5 rings (SSSR count). The van der Waals surface area contributed by atoms with Crippen molar-refractivity contribution in [2.24, 2.45) is 0 Å². The maximum absolute atomic E-state index is 14.6. The first-order valence-corrected chi connectivity index (χ1v) is 15.2. The number of aromatic nitrogens is 3. The van der Waals surface area contributed by atoms with Crippen LogP contribution < -0.4 is 15.3 Å². The standard InChI is InChI=1S/C27H35FN6O8P/c1-17(26(37)40-18-8-4-2-5-9-18)32-43(42-19-10-6-3-7-11-19)34(38)39-15-27(14-28)24(36)22(35)23(41-27)20-12-13-21-25(29)30-16-31-33(20)21/h3,6-7,10-13,16-18,22-24,32,35-36H,2,4-5,8-9,14-15H2,1H3,(H2,29,30,31)/q+1/t17-,22-,23?,24-,27+,43?/m0/s1. The minimum Gasteiger partial charge on any atom is -0.461 e. The highest BCUT2D eigenvalue weighted by Crippen LogP contribution is 2.43. The van der Waals surface area contributed by atoms with Crippen molar-refractivity contribution in [3.05, 3.63) is 59.4 Å². The molecule has 3 heterocycles. The Hall–Kier alpha value is -3.49. The third-order valence-corrected chi connectivity index (χ3v) is 8.96. The first-order valence-electron chi connectivity index (χ1n) is 14.0. The number of nitrogens with zero attached hydrogens (tertiary/aromatic N) is 4. The lowest BCUT2D eigenvalue weighted by Gasteiger charge is -2.26. The molecule has 1 saturated heterocycles. The van der Waals surface area contributed by atoms with Gasteiger partial charge in [0.1, 0.15) is 54.7 Å². The van der Waals surface area contributed by atoms with Gasteiger partial charge in [0, 0.05) is 0 Å². The molecule has 43 heavy (non-hydrogen) atoms. The van der Waals surface area contributed by atoms with Gasteiger partial charge in [0.15, 0.2) is 18.0 Å². The number of aliphatic hydroxyl groups excluding tert-OH is 2. The number of carbonyl (C=O) groups excluding carboxylic acids is 1. The molecule has 2 fully saturated rings. The Balaban J connectivity index is 1.29. The molecule has 2 unspecified atom stereocenters. The van der Waals surface area contributed by atoms with Crippen molar-refractivity contribution in [1.82, 2.24) is 19.7 Å². The number of halogens is 1. The summed E-state index contributed by atoms with van der Waals surface area (Å²) in [4.78, 5) is 35.3. The summed E-state index contributed by atoms with van der Waals surface area (Å²) in [7, 11) is -2.39. The zero-order valence-corrected chi connectivity index (χ0v) is 24.4. The number of esters is 1. The summed E-state index contributed by atoms with van der Waals surface area (Å²) in [6.07, 6.45) is 1.04. The lowest BCUT2D eigenvalue weighted by molar-refractivity contribution is -0.702. The predicted octanol–water partition coefficient (Wildman–Crippen LogP) is 2.68. The Kier molecular flexibility index (Phi) is 9.67. The molecule has 0 amide bonds. The van der Waals surface area contributed by atoms with Gasteiger partial charge < -0.3 is 29.9 Å². The van der Waals surface area contributed by atoms with Crippen LogP contribution in [0.4, 0.5) is 10.2 Å². The van der Waals surface area contributed by atoms with E-state index in [0.29, 0.717) is 11.3 Å². The molecule has 1 aliphatic carbocycles. The summed E-state index contributed by atoms with van der Waals surface area (Å²) in [5.41, 5.74) is 4.48. The van der Waals surface area contributed by atoms with Crippen LogP contribution in [-0.4, -0.2) is 78.7 Å². The van der Waals surface area contributed by atoms with Crippen molar-refractivity contribution in [2.75, 3.05) is 19.0 Å². The fraction of sp³-hybridized carbons (Fsp3) is 0.519. The van der Waals surface area contributed by atoms with Crippen molar-refractivity contribution in [2.45, 2.75) is 75.1 Å². The number of hydrogen-bond donors (Lipinski definition) is 4. The number of alkyl halides is 1. The number of carbonyl (C=O) groups is 1. The molecule has 3 aromatic rings. The second-order valence-electron chi connectivity index (χ2n) is 10.6. The highest BCUT2D eigenvalue weighted by atomic mass is 31.2. The van der Waals surface area contributed by atoms with Crippen LogP contribution in [0.2, 0.25) is 0 Å². The highest BCUT2D eigenvalue weighted by molar-refractivity contribution is 7.43. The van der Waals surface area contributed by atoms with Gasteiger partial charge in [-0.1, -0.05) is 24.6 Å². The number of nitrogens with two attached hydrogens (primary N) is 1. The maximum atomic E-state index is 14.6. The van der Waals surface area contributed by atoms with Gasteiger partial charge in [-0.05, 0) is 56.9 Å². The van der Waals surface area contributed by atoms with Gasteiger partial charge >= 0.3 is 14.4 Å². The number of nitrogen functional groups attached to an aromatic ring is 1. The van der Waals surface area contributed by atoms with Crippen molar-refractivity contribution >= 4 is 25.8 Å². The number of benzene rings is 1. The third kappa shape index (κ3) is 6.70. The molecule has 16 heteroatoms. The Morgan fingerprint density at radius 2 is 2.00 bits per heavy atom. The van der Waals surface area contributed by atoms with Crippen LogP contribution in [-0.2, 0) is 19.1 Å². The van der Waals surface area contributed by atoms with E-state index in [1.54, 1.807) is 42.5 Å². The third-order valence-electron chi connectivity index (χ3n) is 7.56. The Morgan fingerprint density at radius 3 is 2.72 bits per heavy atom. The quantitative estimate of drug-likeness (QED) is 0.132. The topological polar surface area (TPSA) is 183 Å². The lowest BCUT2D eigenvalue weighted by atomic mass is 9.96. The van der Waals surface area contributed by atoms with Crippen molar-refractivity contribution in [1.29, 1.82) is 0 Å². The predicted molar refractivity (Wildman–Crippen MR) is 151 cm³/mol. The molecule has 0 radical (unpaired) electrons. The lowest BCUT2D eigenvalue weighted by Crippen LogP contribution is -2.49. The van der Waals surface area contributed by atoms with Crippen LogP contribution in [0.15, 0.2) is 48.8 Å². The SMILES string of the molecule is C[C@H](NP(Oc1ccccc1)[N+](=O)OC[C@@]1(CF)OC(c2ccc3c(N)ncnn23)[C@H](O)[C@@H]1O)C(=O)OC1CCCCC1. The molecule has 2 aliphatic rings. The summed E-state index contributed by atoms with van der Waals surface area (Å²) in [5, 5.41) is 28.6. The molecular formula is C27H35FN6O8P+. The van der Waals surface area contributed by atoms with Crippen LogP contribution in [0.5, 0.6) is 5.75 Å². The molecule has 232 valence electrons.